The molecule has 1 aliphatic rings. The Morgan fingerprint density at radius 3 is 2.59 bits per heavy atom. The van der Waals surface area contributed by atoms with E-state index in [1.165, 1.54) is 25.1 Å². The van der Waals surface area contributed by atoms with E-state index in [9.17, 15) is 19.5 Å². The molecule has 0 saturated carbocycles. The fraction of sp³-hybridized carbons (Fsp3) is 0.400. The fourth-order valence-electron chi connectivity index (χ4n) is 2.53. The molecule has 2 N–H and O–H groups in total. The molecule has 1 aliphatic heterocycles. The van der Waals surface area contributed by atoms with Gasteiger partial charge in [0.1, 0.15) is 6.04 Å². The van der Waals surface area contributed by atoms with Gasteiger partial charge in [-0.25, -0.2) is 4.79 Å². The van der Waals surface area contributed by atoms with Crippen molar-refractivity contribution in [3.05, 3.63) is 35.4 Å². The molecular weight excluding hydrogens is 288 g/mol. The number of methoxy groups -OCH3 is 1. The molecule has 0 spiro atoms. The van der Waals surface area contributed by atoms with Crippen molar-refractivity contribution in [1.82, 2.24) is 10.2 Å². The number of hydrogen-bond donors (Lipinski definition) is 2. The number of benzene rings is 1. The Morgan fingerprint density at radius 1 is 1.32 bits per heavy atom. The molecule has 1 aromatic carbocycles. The number of carboxylic acid groups (broad SMARTS) is 1. The van der Waals surface area contributed by atoms with Crippen LogP contribution >= 0.6 is 0 Å². The van der Waals surface area contributed by atoms with Crippen LogP contribution in [0.5, 0.6) is 0 Å². The molecule has 1 fully saturated rings. The minimum atomic E-state index is -1.06. The van der Waals surface area contributed by atoms with Gasteiger partial charge in [0.15, 0.2) is 0 Å². The van der Waals surface area contributed by atoms with Crippen molar-refractivity contribution in [2.24, 2.45) is 0 Å². The van der Waals surface area contributed by atoms with Crippen LogP contribution in [0.1, 0.15) is 27.1 Å². The van der Waals surface area contributed by atoms with Gasteiger partial charge in [-0.3, -0.25) is 9.59 Å². The topological polar surface area (TPSA) is 95.9 Å². The molecule has 2 amide bonds. The van der Waals surface area contributed by atoms with Gasteiger partial charge in [0.25, 0.3) is 11.8 Å². The highest BCUT2D eigenvalue weighted by atomic mass is 16.5. The molecule has 7 nitrogen and oxygen atoms in total. The summed E-state index contributed by atoms with van der Waals surface area (Å²) in [7, 11) is 2.99. The highest BCUT2D eigenvalue weighted by Gasteiger charge is 2.40. The molecule has 1 saturated heterocycles. The lowest BCUT2D eigenvalue weighted by Gasteiger charge is -2.21. The van der Waals surface area contributed by atoms with Gasteiger partial charge in [-0.15, -0.1) is 0 Å². The first-order valence-corrected chi connectivity index (χ1v) is 6.86. The zero-order valence-electron chi connectivity index (χ0n) is 12.4. The Labute approximate surface area is 127 Å². The number of aliphatic carboxylic acids is 1. The molecule has 2 unspecified atom stereocenters. The van der Waals surface area contributed by atoms with E-state index < -0.39 is 17.9 Å². The largest absolute Gasteiger partial charge is 0.480 e. The summed E-state index contributed by atoms with van der Waals surface area (Å²) >= 11 is 0. The Hall–Kier alpha value is -2.41. The molecular formula is C15H18N2O5. The summed E-state index contributed by atoms with van der Waals surface area (Å²) in [5.74, 6) is -1.78. The van der Waals surface area contributed by atoms with Gasteiger partial charge < -0.3 is 20.1 Å². The minimum absolute atomic E-state index is 0.219. The number of nitrogens with one attached hydrogen (secondary N) is 1. The molecule has 0 radical (unpaired) electrons. The highest BCUT2D eigenvalue weighted by molar-refractivity contribution is 6.00. The molecule has 118 valence electrons. The van der Waals surface area contributed by atoms with Crippen LogP contribution in [0.4, 0.5) is 0 Å². The lowest BCUT2D eigenvalue weighted by atomic mass is 10.1. The summed E-state index contributed by atoms with van der Waals surface area (Å²) in [6, 6.07) is 5.29. The summed E-state index contributed by atoms with van der Waals surface area (Å²) < 4.78 is 5.17. The third-order valence-corrected chi connectivity index (χ3v) is 3.74. The Morgan fingerprint density at radius 2 is 2.00 bits per heavy atom. The summed E-state index contributed by atoms with van der Waals surface area (Å²) in [6.45, 7) is 0.219. The van der Waals surface area contributed by atoms with Crippen LogP contribution in [-0.2, 0) is 9.53 Å². The van der Waals surface area contributed by atoms with E-state index in [-0.39, 0.29) is 30.5 Å². The van der Waals surface area contributed by atoms with Crippen LogP contribution in [0.25, 0.3) is 0 Å². The van der Waals surface area contributed by atoms with E-state index in [4.69, 9.17) is 4.74 Å². The molecule has 1 aromatic rings. The van der Waals surface area contributed by atoms with Gasteiger partial charge in [0.05, 0.1) is 6.10 Å². The Balaban J connectivity index is 2.27. The van der Waals surface area contributed by atoms with Gasteiger partial charge in [-0.2, -0.15) is 0 Å². The van der Waals surface area contributed by atoms with Crippen LogP contribution < -0.4 is 5.32 Å². The van der Waals surface area contributed by atoms with Gasteiger partial charge in [0, 0.05) is 38.2 Å². The number of nitrogens with zero attached hydrogens (tertiary/aromatic N) is 1. The van der Waals surface area contributed by atoms with E-state index in [0.29, 0.717) is 5.56 Å². The number of carbonyl (C=O) groups excluding carboxylic acids is 2. The standard InChI is InChI=1S/C15H18N2O5/c1-16-13(18)9-4-3-5-10(6-9)14(19)17-8-11(22-2)7-12(17)15(20)21/h3-6,11-12H,7-8H2,1-2H3,(H,16,18)(H,20,21). The predicted octanol–water partition coefficient (Wildman–Crippen LogP) is 0.360. The summed E-state index contributed by atoms with van der Waals surface area (Å²) in [6.07, 6.45) is -0.0423. The molecule has 2 atom stereocenters. The molecule has 7 heteroatoms. The van der Waals surface area contributed by atoms with Crippen LogP contribution in [0.15, 0.2) is 24.3 Å². The van der Waals surface area contributed by atoms with E-state index in [1.54, 1.807) is 18.2 Å². The SMILES string of the molecule is CNC(=O)c1cccc(C(=O)N2CC(OC)CC2C(=O)O)c1. The van der Waals surface area contributed by atoms with Crippen molar-refractivity contribution in [3.8, 4) is 0 Å². The van der Waals surface area contributed by atoms with Crippen LogP contribution in [0, 0.1) is 0 Å². The average Bonchev–Trinajstić information content (AvgIpc) is 2.98. The number of carboxylic acids is 1. The van der Waals surface area contributed by atoms with Crippen molar-refractivity contribution in [3.63, 3.8) is 0 Å². The average molecular weight is 306 g/mol. The van der Waals surface area contributed by atoms with Crippen LogP contribution in [0.3, 0.4) is 0 Å². The zero-order valence-corrected chi connectivity index (χ0v) is 12.4. The third-order valence-electron chi connectivity index (χ3n) is 3.74. The van der Waals surface area contributed by atoms with Gasteiger partial charge in [0.2, 0.25) is 0 Å². The number of likely N-dealkylation sites (tertiary alicyclic amines) is 1. The predicted molar refractivity (Wildman–Crippen MR) is 77.7 cm³/mol. The van der Waals surface area contributed by atoms with Gasteiger partial charge in [-0.05, 0) is 18.2 Å². The van der Waals surface area contributed by atoms with Crippen molar-refractivity contribution in [1.29, 1.82) is 0 Å². The van der Waals surface area contributed by atoms with Crippen LogP contribution in [0.2, 0.25) is 0 Å². The van der Waals surface area contributed by atoms with Crippen molar-refractivity contribution < 1.29 is 24.2 Å². The first-order chi connectivity index (χ1) is 10.5. The monoisotopic (exact) mass is 306 g/mol. The summed E-state index contributed by atoms with van der Waals surface area (Å²) in [4.78, 5) is 36.8. The normalized spacial score (nSPS) is 20.7. The maximum atomic E-state index is 12.6. The third kappa shape index (κ3) is 3.09. The lowest BCUT2D eigenvalue weighted by molar-refractivity contribution is -0.141. The summed E-state index contributed by atoms with van der Waals surface area (Å²) in [5.41, 5.74) is 0.631. The molecule has 1 heterocycles. The maximum absolute atomic E-state index is 12.6. The smallest absolute Gasteiger partial charge is 0.326 e. The van der Waals surface area contributed by atoms with Gasteiger partial charge in [-0.1, -0.05) is 6.07 Å². The van der Waals surface area contributed by atoms with Crippen molar-refractivity contribution in [2.45, 2.75) is 18.6 Å². The Bertz CT molecular complexity index is 601. The minimum Gasteiger partial charge on any atom is -0.480 e. The van der Waals surface area contributed by atoms with E-state index in [0.717, 1.165) is 0 Å². The van der Waals surface area contributed by atoms with Gasteiger partial charge >= 0.3 is 5.97 Å². The van der Waals surface area contributed by atoms with E-state index in [1.807, 2.05) is 0 Å². The Kier molecular flexibility index (Phi) is 4.77. The number of hydrogen-bond acceptors (Lipinski definition) is 4. The second kappa shape index (κ2) is 6.57. The number of amides is 2. The number of carbonyl (C=O) groups is 3. The molecule has 0 aliphatic carbocycles. The quantitative estimate of drug-likeness (QED) is 0.837. The van der Waals surface area contributed by atoms with Crippen LogP contribution in [-0.4, -0.2) is 60.6 Å². The molecule has 2 rings (SSSR count). The number of ether oxygens (including phenoxy) is 1. The molecule has 0 aromatic heterocycles. The van der Waals surface area contributed by atoms with Crippen molar-refractivity contribution in [2.75, 3.05) is 20.7 Å². The molecule has 0 bridgehead atoms. The fourth-order valence-corrected chi connectivity index (χ4v) is 2.53. The zero-order chi connectivity index (χ0) is 16.3. The second-order valence-electron chi connectivity index (χ2n) is 5.06. The summed E-state index contributed by atoms with van der Waals surface area (Å²) in [5, 5.41) is 11.7. The highest BCUT2D eigenvalue weighted by Crippen LogP contribution is 2.23. The first kappa shape index (κ1) is 16.0. The van der Waals surface area contributed by atoms with E-state index >= 15 is 0 Å². The van der Waals surface area contributed by atoms with E-state index in [2.05, 4.69) is 5.32 Å². The maximum Gasteiger partial charge on any atom is 0.326 e. The molecule has 22 heavy (non-hydrogen) atoms. The van der Waals surface area contributed by atoms with Crippen molar-refractivity contribution >= 4 is 17.8 Å². The first-order valence-electron chi connectivity index (χ1n) is 6.86. The number of rotatable bonds is 4. The lowest BCUT2D eigenvalue weighted by Crippen LogP contribution is -2.40. The second-order valence-corrected chi connectivity index (χ2v) is 5.06.